The molecule has 2 rings (SSSR count). The highest BCUT2D eigenvalue weighted by molar-refractivity contribution is 5.26. The van der Waals surface area contributed by atoms with Gasteiger partial charge >= 0.3 is 0 Å². The van der Waals surface area contributed by atoms with Gasteiger partial charge in [-0.3, -0.25) is 4.98 Å². The van der Waals surface area contributed by atoms with Crippen LogP contribution in [0.4, 0.5) is 4.39 Å². The van der Waals surface area contributed by atoms with Crippen molar-refractivity contribution in [1.82, 2.24) is 4.98 Å². The number of halogens is 1. The van der Waals surface area contributed by atoms with Gasteiger partial charge in [0.05, 0.1) is 5.69 Å². The smallest absolute Gasteiger partial charge is 0.145 e. The molecule has 0 aromatic carbocycles. The minimum Gasteiger partial charge on any atom is -0.330 e. The van der Waals surface area contributed by atoms with Crippen LogP contribution in [-0.4, -0.2) is 11.5 Å². The molecule has 1 saturated carbocycles. The molecule has 1 heterocycles. The van der Waals surface area contributed by atoms with E-state index < -0.39 is 0 Å². The van der Waals surface area contributed by atoms with Crippen molar-refractivity contribution in [2.75, 3.05) is 6.54 Å². The Morgan fingerprint density at radius 3 is 2.83 bits per heavy atom. The Labute approximate surface area is 70.6 Å². The Balaban J connectivity index is 2.40. The normalized spacial score (nSPS) is 19.2. The van der Waals surface area contributed by atoms with Crippen LogP contribution in [0.2, 0.25) is 0 Å². The molecule has 1 aliphatic carbocycles. The highest BCUT2D eigenvalue weighted by Gasteiger charge is 2.45. The molecule has 0 spiro atoms. The van der Waals surface area contributed by atoms with Crippen molar-refractivity contribution in [3.8, 4) is 0 Å². The van der Waals surface area contributed by atoms with Crippen LogP contribution in [0.15, 0.2) is 18.3 Å². The monoisotopic (exact) mass is 166 g/mol. The van der Waals surface area contributed by atoms with E-state index in [9.17, 15) is 4.39 Å². The van der Waals surface area contributed by atoms with E-state index in [1.807, 2.05) is 0 Å². The lowest BCUT2D eigenvalue weighted by atomic mass is 10.0. The van der Waals surface area contributed by atoms with Gasteiger partial charge in [-0.2, -0.15) is 0 Å². The maximum absolute atomic E-state index is 13.2. The molecule has 3 heteroatoms. The third-order valence-electron chi connectivity index (χ3n) is 2.51. The molecule has 0 unspecified atom stereocenters. The minimum atomic E-state index is -0.222. The molecule has 0 saturated heterocycles. The average Bonchev–Trinajstić information content (AvgIpc) is 2.86. The van der Waals surface area contributed by atoms with Crippen molar-refractivity contribution in [2.45, 2.75) is 18.3 Å². The lowest BCUT2D eigenvalue weighted by Gasteiger charge is -2.11. The van der Waals surface area contributed by atoms with Crippen LogP contribution in [0.5, 0.6) is 0 Å². The van der Waals surface area contributed by atoms with Gasteiger partial charge in [0, 0.05) is 18.2 Å². The zero-order valence-electron chi connectivity index (χ0n) is 6.76. The second kappa shape index (κ2) is 2.52. The van der Waals surface area contributed by atoms with E-state index in [2.05, 4.69) is 4.98 Å². The van der Waals surface area contributed by atoms with Gasteiger partial charge < -0.3 is 5.73 Å². The van der Waals surface area contributed by atoms with Crippen LogP contribution in [0.1, 0.15) is 18.5 Å². The summed E-state index contributed by atoms with van der Waals surface area (Å²) in [5.41, 5.74) is 5.98. The van der Waals surface area contributed by atoms with Gasteiger partial charge in [-0.25, -0.2) is 4.39 Å². The topological polar surface area (TPSA) is 38.9 Å². The van der Waals surface area contributed by atoms with Crippen LogP contribution in [0.25, 0.3) is 0 Å². The van der Waals surface area contributed by atoms with Crippen molar-refractivity contribution < 1.29 is 4.39 Å². The standard InChI is InChI=1S/C9H11FN2/c10-7-2-1-5-12-8(7)9(6-11)3-4-9/h1-2,5H,3-4,6,11H2. The van der Waals surface area contributed by atoms with E-state index in [1.54, 1.807) is 12.3 Å². The molecule has 2 nitrogen and oxygen atoms in total. The maximum Gasteiger partial charge on any atom is 0.145 e. The predicted octanol–water partition coefficient (Wildman–Crippen LogP) is 1.21. The van der Waals surface area contributed by atoms with Gasteiger partial charge in [-0.15, -0.1) is 0 Å². The van der Waals surface area contributed by atoms with Gasteiger partial charge in [-0.1, -0.05) is 0 Å². The van der Waals surface area contributed by atoms with Crippen LogP contribution < -0.4 is 5.73 Å². The number of hydrogen-bond donors (Lipinski definition) is 1. The van der Waals surface area contributed by atoms with Crippen molar-refractivity contribution in [1.29, 1.82) is 0 Å². The van der Waals surface area contributed by atoms with Gasteiger partial charge in [0.1, 0.15) is 5.82 Å². The average molecular weight is 166 g/mol. The first kappa shape index (κ1) is 7.68. The second-order valence-electron chi connectivity index (χ2n) is 3.32. The SMILES string of the molecule is NCC1(c2ncccc2F)CC1. The number of nitrogens with two attached hydrogens (primary N) is 1. The summed E-state index contributed by atoms with van der Waals surface area (Å²) in [5.74, 6) is -0.222. The Bertz CT molecular complexity index is 294. The highest BCUT2D eigenvalue weighted by atomic mass is 19.1. The number of hydrogen-bond acceptors (Lipinski definition) is 2. The maximum atomic E-state index is 13.2. The number of nitrogens with zero attached hydrogens (tertiary/aromatic N) is 1. The lowest BCUT2D eigenvalue weighted by Crippen LogP contribution is -2.22. The Morgan fingerprint density at radius 2 is 2.33 bits per heavy atom. The van der Waals surface area contributed by atoms with Crippen LogP contribution in [0, 0.1) is 5.82 Å². The molecule has 0 atom stereocenters. The quantitative estimate of drug-likeness (QED) is 0.717. The molecule has 0 aliphatic heterocycles. The van der Waals surface area contributed by atoms with Crippen LogP contribution >= 0.6 is 0 Å². The third-order valence-corrected chi connectivity index (χ3v) is 2.51. The highest BCUT2D eigenvalue weighted by Crippen LogP contribution is 2.46. The first-order valence-corrected chi connectivity index (χ1v) is 4.10. The molecule has 64 valence electrons. The fraction of sp³-hybridized carbons (Fsp3) is 0.444. The molecular formula is C9H11FN2. The summed E-state index contributed by atoms with van der Waals surface area (Å²) in [4.78, 5) is 4.03. The first-order valence-electron chi connectivity index (χ1n) is 4.10. The molecule has 0 radical (unpaired) electrons. The zero-order valence-corrected chi connectivity index (χ0v) is 6.76. The molecule has 1 aromatic rings. The summed E-state index contributed by atoms with van der Waals surface area (Å²) >= 11 is 0. The number of aromatic nitrogens is 1. The zero-order chi connectivity index (χ0) is 8.60. The second-order valence-corrected chi connectivity index (χ2v) is 3.32. The molecular weight excluding hydrogens is 155 g/mol. The largest absolute Gasteiger partial charge is 0.330 e. The van der Waals surface area contributed by atoms with Crippen molar-refractivity contribution in [3.05, 3.63) is 29.8 Å². The Kier molecular flexibility index (Phi) is 1.61. The van der Waals surface area contributed by atoms with Gasteiger partial charge in [0.25, 0.3) is 0 Å². The number of pyridine rings is 1. The van der Waals surface area contributed by atoms with E-state index in [0.29, 0.717) is 12.2 Å². The summed E-state index contributed by atoms with van der Waals surface area (Å²) in [7, 11) is 0. The molecule has 1 fully saturated rings. The molecule has 0 amide bonds. The fourth-order valence-corrected chi connectivity index (χ4v) is 1.46. The van der Waals surface area contributed by atoms with Crippen LogP contribution in [-0.2, 0) is 5.41 Å². The fourth-order valence-electron chi connectivity index (χ4n) is 1.46. The van der Waals surface area contributed by atoms with Crippen LogP contribution in [0.3, 0.4) is 0 Å². The van der Waals surface area contributed by atoms with E-state index in [4.69, 9.17) is 5.73 Å². The molecule has 0 bridgehead atoms. The first-order chi connectivity index (χ1) is 5.78. The predicted molar refractivity (Wildman–Crippen MR) is 44.2 cm³/mol. The van der Waals surface area contributed by atoms with Crippen molar-refractivity contribution in [3.63, 3.8) is 0 Å². The summed E-state index contributed by atoms with van der Waals surface area (Å²) < 4.78 is 13.2. The van der Waals surface area contributed by atoms with E-state index in [1.165, 1.54) is 6.07 Å². The molecule has 1 aliphatic rings. The summed E-state index contributed by atoms with van der Waals surface area (Å²) in [6, 6.07) is 3.05. The Hall–Kier alpha value is -0.960. The van der Waals surface area contributed by atoms with E-state index in [0.717, 1.165) is 12.8 Å². The molecule has 12 heavy (non-hydrogen) atoms. The van der Waals surface area contributed by atoms with Crippen molar-refractivity contribution >= 4 is 0 Å². The minimum absolute atomic E-state index is 0.134. The van der Waals surface area contributed by atoms with Gasteiger partial charge in [-0.05, 0) is 25.0 Å². The van der Waals surface area contributed by atoms with E-state index in [-0.39, 0.29) is 11.2 Å². The summed E-state index contributed by atoms with van der Waals surface area (Å²) in [5, 5.41) is 0. The van der Waals surface area contributed by atoms with E-state index >= 15 is 0 Å². The number of rotatable bonds is 2. The van der Waals surface area contributed by atoms with Gasteiger partial charge in [0.15, 0.2) is 0 Å². The van der Waals surface area contributed by atoms with Crippen molar-refractivity contribution in [2.24, 2.45) is 5.73 Å². The lowest BCUT2D eigenvalue weighted by molar-refractivity contribution is 0.555. The Morgan fingerprint density at radius 1 is 1.58 bits per heavy atom. The molecule has 1 aromatic heterocycles. The molecule has 2 N–H and O–H groups in total. The summed E-state index contributed by atoms with van der Waals surface area (Å²) in [6.07, 6.45) is 3.56. The van der Waals surface area contributed by atoms with Gasteiger partial charge in [0.2, 0.25) is 0 Å². The third kappa shape index (κ3) is 1.01. The summed E-state index contributed by atoms with van der Waals surface area (Å²) in [6.45, 7) is 0.501.